The molecule has 2 saturated heterocycles. The van der Waals surface area contributed by atoms with Crippen LogP contribution in [0.4, 0.5) is 4.79 Å². The van der Waals surface area contributed by atoms with Crippen molar-refractivity contribution in [3.63, 3.8) is 0 Å². The third-order valence-corrected chi connectivity index (χ3v) is 8.62. The van der Waals surface area contributed by atoms with Crippen molar-refractivity contribution < 1.29 is 9.59 Å². The molecule has 9 nitrogen and oxygen atoms in total. The van der Waals surface area contributed by atoms with Gasteiger partial charge in [0.15, 0.2) is 0 Å². The maximum Gasteiger partial charge on any atom is 0.341 e. The van der Waals surface area contributed by atoms with Gasteiger partial charge < -0.3 is 21.3 Å². The topological polar surface area (TPSA) is 121 Å². The number of carbonyl (C=O) groups excluding carboxylic acids is 2. The number of fused-ring (bicyclic) bond motifs is 2. The van der Waals surface area contributed by atoms with Crippen LogP contribution in [0.2, 0.25) is 5.02 Å². The minimum Gasteiger partial charge on any atom is -0.369 e. The highest BCUT2D eigenvalue weighted by atomic mass is 79.9. The Morgan fingerprint density at radius 3 is 2.42 bits per heavy atom. The quantitative estimate of drug-likeness (QED) is 0.411. The molecule has 11 heteroatoms. The van der Waals surface area contributed by atoms with Crippen molar-refractivity contribution in [3.05, 3.63) is 62.3 Å². The number of nitrogens with two attached hydrogens (primary N) is 2. The van der Waals surface area contributed by atoms with Gasteiger partial charge in [0.2, 0.25) is 11.9 Å². The number of primary amides is 1. The van der Waals surface area contributed by atoms with Crippen LogP contribution in [0, 0.1) is 5.92 Å². The third kappa shape index (κ3) is 5.97. The summed E-state index contributed by atoms with van der Waals surface area (Å²) in [6.07, 6.45) is 5.92. The number of hydrogen-bond donors (Lipinski definition) is 2. The van der Waals surface area contributed by atoms with Crippen LogP contribution >= 0.6 is 27.5 Å². The first-order chi connectivity index (χ1) is 18.3. The third-order valence-electron chi connectivity index (χ3n) is 7.95. The van der Waals surface area contributed by atoms with Crippen molar-refractivity contribution >= 4 is 45.4 Å². The summed E-state index contributed by atoms with van der Waals surface area (Å²) in [5.74, 6) is 0.660. The maximum absolute atomic E-state index is 13.2. The highest BCUT2D eigenvalue weighted by Gasteiger charge is 2.34. The zero-order valence-electron chi connectivity index (χ0n) is 21.3. The summed E-state index contributed by atoms with van der Waals surface area (Å²) in [5, 5.41) is 0.756. The summed E-state index contributed by atoms with van der Waals surface area (Å²) in [5.41, 5.74) is 15.8. The number of rotatable bonds is 3. The number of carbonyl (C=O) groups is 2. The van der Waals surface area contributed by atoms with E-state index in [0.29, 0.717) is 38.5 Å². The average molecular weight is 603 g/mol. The lowest BCUT2D eigenvalue weighted by Gasteiger charge is -2.40. The fourth-order valence-corrected chi connectivity index (χ4v) is 6.51. The van der Waals surface area contributed by atoms with Gasteiger partial charge in [-0.25, -0.2) is 4.79 Å². The zero-order valence-corrected chi connectivity index (χ0v) is 23.6. The summed E-state index contributed by atoms with van der Waals surface area (Å²) >= 11 is 9.95. The Morgan fingerprint density at radius 2 is 1.71 bits per heavy atom. The number of halogens is 2. The number of pyridine rings is 1. The predicted octanol–water partition coefficient (Wildman–Crippen LogP) is 3.33. The van der Waals surface area contributed by atoms with Gasteiger partial charge in [-0.1, -0.05) is 17.7 Å². The molecule has 5 rings (SSSR count). The summed E-state index contributed by atoms with van der Waals surface area (Å²) in [6.45, 7) is 4.30. The molecule has 202 valence electrons. The molecule has 1 aromatic heterocycles. The minimum absolute atomic E-state index is 0.0435. The van der Waals surface area contributed by atoms with Crippen LogP contribution in [0.3, 0.4) is 0 Å². The lowest BCUT2D eigenvalue weighted by molar-refractivity contribution is -0.134. The molecule has 2 fully saturated rings. The molecule has 2 aliphatic heterocycles. The molecule has 0 radical (unpaired) electrons. The zero-order chi connectivity index (χ0) is 26.8. The maximum atomic E-state index is 13.2. The molecule has 4 N–H and O–H groups in total. The van der Waals surface area contributed by atoms with E-state index in [9.17, 15) is 9.59 Å². The summed E-state index contributed by atoms with van der Waals surface area (Å²) < 4.78 is 0.989. The Bertz CT molecular complexity index is 1190. The molecule has 38 heavy (non-hydrogen) atoms. The Labute approximate surface area is 236 Å². The molecule has 1 unspecified atom stereocenters. The van der Waals surface area contributed by atoms with E-state index in [4.69, 9.17) is 28.1 Å². The number of nitrogens with zero attached hydrogens (tertiary/aromatic N) is 5. The van der Waals surface area contributed by atoms with E-state index in [1.54, 1.807) is 0 Å². The van der Waals surface area contributed by atoms with Crippen LogP contribution in [-0.4, -0.2) is 76.9 Å². The van der Waals surface area contributed by atoms with Crippen molar-refractivity contribution in [1.82, 2.24) is 19.7 Å². The van der Waals surface area contributed by atoms with Crippen molar-refractivity contribution in [3.8, 4) is 0 Å². The Balaban J connectivity index is 1.23. The first-order valence-electron chi connectivity index (χ1n) is 13.1. The second-order valence-corrected chi connectivity index (χ2v) is 11.7. The summed E-state index contributed by atoms with van der Waals surface area (Å²) in [4.78, 5) is 39.0. The summed E-state index contributed by atoms with van der Waals surface area (Å²) in [6, 6.07) is 7.63. The number of piperidine rings is 1. The van der Waals surface area contributed by atoms with Gasteiger partial charge in [-0.2, -0.15) is 4.99 Å². The van der Waals surface area contributed by atoms with Gasteiger partial charge >= 0.3 is 6.03 Å². The van der Waals surface area contributed by atoms with Crippen LogP contribution < -0.4 is 11.5 Å². The number of aromatic nitrogens is 1. The van der Waals surface area contributed by atoms with E-state index in [1.807, 2.05) is 22.1 Å². The second kappa shape index (κ2) is 11.6. The standard InChI is InChI=1S/C27H33BrClN7O2/c28-20-14-19-2-1-18-15-21(29)3-4-22(18)25(24(19)32-16-20)35-11-9-34(10-12-35)23(37)13-17-5-7-36(8-6-17)26(30)33-27(31)38/h3-4,14-17,25H,1-2,5-13H2,(H4,30,31,33,38). The van der Waals surface area contributed by atoms with E-state index < -0.39 is 6.03 Å². The first kappa shape index (κ1) is 26.9. The van der Waals surface area contributed by atoms with Gasteiger partial charge in [0, 0.05) is 61.4 Å². The average Bonchev–Trinajstić information content (AvgIpc) is 3.05. The molecule has 3 aliphatic rings. The fourth-order valence-electron chi connectivity index (χ4n) is 5.94. The highest BCUT2D eigenvalue weighted by Crippen LogP contribution is 2.38. The minimum atomic E-state index is -0.790. The number of amides is 3. The lowest BCUT2D eigenvalue weighted by atomic mass is 9.93. The molecular weight excluding hydrogens is 570 g/mol. The predicted molar refractivity (Wildman–Crippen MR) is 151 cm³/mol. The van der Waals surface area contributed by atoms with E-state index in [2.05, 4.69) is 44.0 Å². The second-order valence-electron chi connectivity index (χ2n) is 10.3. The molecule has 0 bridgehead atoms. The molecule has 1 atom stereocenters. The number of piperazine rings is 1. The van der Waals surface area contributed by atoms with Gasteiger partial charge in [-0.05, 0) is 82.4 Å². The number of likely N-dealkylation sites (tertiary alicyclic amines) is 1. The molecule has 1 aromatic carbocycles. The molecule has 3 heterocycles. The van der Waals surface area contributed by atoms with Crippen LogP contribution in [0.1, 0.15) is 47.7 Å². The van der Waals surface area contributed by atoms with E-state index in [-0.39, 0.29) is 17.9 Å². The van der Waals surface area contributed by atoms with Crippen LogP contribution in [0.5, 0.6) is 0 Å². The van der Waals surface area contributed by atoms with Crippen LogP contribution in [0.25, 0.3) is 0 Å². The van der Waals surface area contributed by atoms with Crippen molar-refractivity contribution in [2.45, 2.75) is 38.1 Å². The molecule has 1 aliphatic carbocycles. The largest absolute Gasteiger partial charge is 0.369 e. The fraction of sp³-hybridized carbons (Fsp3) is 0.481. The normalized spacial score (nSPS) is 21.0. The van der Waals surface area contributed by atoms with Gasteiger partial charge in [0.05, 0.1) is 11.7 Å². The van der Waals surface area contributed by atoms with E-state index in [0.717, 1.165) is 54.0 Å². The Kier molecular flexibility index (Phi) is 8.20. The highest BCUT2D eigenvalue weighted by molar-refractivity contribution is 9.10. The Morgan fingerprint density at radius 1 is 1.00 bits per heavy atom. The smallest absolute Gasteiger partial charge is 0.341 e. The van der Waals surface area contributed by atoms with Crippen molar-refractivity contribution in [2.24, 2.45) is 22.4 Å². The van der Waals surface area contributed by atoms with Crippen molar-refractivity contribution in [1.29, 1.82) is 0 Å². The number of aryl methyl sites for hydroxylation is 2. The lowest BCUT2D eigenvalue weighted by Crippen LogP contribution is -2.50. The van der Waals surface area contributed by atoms with Crippen molar-refractivity contribution in [2.75, 3.05) is 39.3 Å². The van der Waals surface area contributed by atoms with Gasteiger partial charge in [0.25, 0.3) is 0 Å². The SMILES string of the molecule is NC(=O)/N=C(\N)N1CCC(CC(=O)N2CCN(C3c4ccc(Cl)cc4CCc4cc(Br)cnc43)CC2)CC1. The molecule has 0 spiro atoms. The van der Waals surface area contributed by atoms with Gasteiger partial charge in [0.1, 0.15) is 0 Å². The monoisotopic (exact) mass is 601 g/mol. The Hall–Kier alpha value is -2.69. The van der Waals surface area contributed by atoms with Crippen LogP contribution in [0.15, 0.2) is 39.9 Å². The molecule has 2 aromatic rings. The molecular formula is C27H33BrClN7O2. The molecule has 3 amide bonds. The van der Waals surface area contributed by atoms with Gasteiger partial charge in [-0.15, -0.1) is 0 Å². The number of urea groups is 1. The first-order valence-corrected chi connectivity index (χ1v) is 14.3. The number of hydrogen-bond acceptors (Lipinski definition) is 4. The number of benzene rings is 1. The van der Waals surface area contributed by atoms with Gasteiger partial charge in [-0.3, -0.25) is 14.7 Å². The molecule has 0 saturated carbocycles. The van der Waals surface area contributed by atoms with Crippen LogP contribution in [-0.2, 0) is 17.6 Å². The van der Waals surface area contributed by atoms with E-state index in [1.165, 1.54) is 16.7 Å². The number of guanidine groups is 1. The summed E-state index contributed by atoms with van der Waals surface area (Å²) in [7, 11) is 0. The van der Waals surface area contributed by atoms with E-state index >= 15 is 0 Å². The number of aliphatic imine (C=N–C) groups is 1.